The van der Waals surface area contributed by atoms with Gasteiger partial charge in [-0.05, 0) is 16.7 Å². The largest absolute Gasteiger partial charge is 0.480 e. The summed E-state index contributed by atoms with van der Waals surface area (Å²) in [5.41, 5.74) is 2.59. The van der Waals surface area contributed by atoms with Gasteiger partial charge in [0.05, 0.1) is 12.1 Å². The number of hydrogen-bond donors (Lipinski definition) is 1. The molecule has 2 amide bonds. The number of hydrogen-bond acceptors (Lipinski definition) is 4. The molecular formula is C29H26N2O5. The first-order valence-electron chi connectivity index (χ1n) is 11.9. The molecular weight excluding hydrogens is 456 g/mol. The number of rotatable bonds is 8. The summed E-state index contributed by atoms with van der Waals surface area (Å²) in [5, 5.41) is 10.1. The molecule has 2 aliphatic rings. The fraction of sp³-hybridized carbons (Fsp3) is 0.207. The molecule has 182 valence electrons. The molecule has 3 aromatic rings. The molecule has 0 aromatic heterocycles. The van der Waals surface area contributed by atoms with Crippen LogP contribution in [0.15, 0.2) is 97.1 Å². The van der Waals surface area contributed by atoms with Gasteiger partial charge in [-0.15, -0.1) is 0 Å². The lowest BCUT2D eigenvalue weighted by atomic mass is 9.87. The molecule has 0 bridgehead atoms. The maximum Gasteiger partial charge on any atom is 0.411 e. The summed E-state index contributed by atoms with van der Waals surface area (Å²) in [6, 6.07) is 25.2. The number of ether oxygens (including phenoxy) is 1. The van der Waals surface area contributed by atoms with E-state index >= 15 is 0 Å². The van der Waals surface area contributed by atoms with Gasteiger partial charge in [0.1, 0.15) is 18.7 Å². The molecule has 3 aromatic carbocycles. The second-order valence-corrected chi connectivity index (χ2v) is 8.91. The molecule has 2 saturated heterocycles. The summed E-state index contributed by atoms with van der Waals surface area (Å²) in [6.07, 6.45) is 3.26. The standard InChI is InChI=1S/C29H26N2O5/c32-27-26(31-25(19-36-29(31)35)22-14-8-3-9-15-22)23(17-16-20-10-4-1-5-11-20)30(27)24(28(33)34)18-21-12-6-2-7-13-21/h1-17,23-26H,18-19H2,(H,33,34)/t23?,24?,25-,26?/m1/s1. The highest BCUT2D eigenvalue weighted by Gasteiger charge is 2.58. The smallest absolute Gasteiger partial charge is 0.411 e. The van der Waals surface area contributed by atoms with E-state index in [4.69, 9.17) is 4.74 Å². The van der Waals surface area contributed by atoms with Crippen molar-refractivity contribution in [3.05, 3.63) is 114 Å². The molecule has 2 aliphatic heterocycles. The molecule has 3 unspecified atom stereocenters. The van der Waals surface area contributed by atoms with Gasteiger partial charge in [-0.1, -0.05) is 103 Å². The third-order valence-electron chi connectivity index (χ3n) is 6.73. The van der Waals surface area contributed by atoms with E-state index in [1.54, 1.807) is 0 Å². The number of amides is 2. The van der Waals surface area contributed by atoms with Crippen LogP contribution in [0.1, 0.15) is 22.7 Å². The lowest BCUT2D eigenvalue weighted by Crippen LogP contribution is -2.73. The first kappa shape index (κ1) is 23.4. The molecule has 2 fully saturated rings. The number of carbonyl (C=O) groups excluding carboxylic acids is 2. The molecule has 7 nitrogen and oxygen atoms in total. The Morgan fingerprint density at radius 2 is 1.56 bits per heavy atom. The third kappa shape index (κ3) is 4.47. The molecule has 7 heteroatoms. The molecule has 4 atom stereocenters. The first-order valence-corrected chi connectivity index (χ1v) is 11.9. The molecule has 36 heavy (non-hydrogen) atoms. The van der Waals surface area contributed by atoms with Crippen LogP contribution in [0.5, 0.6) is 0 Å². The quantitative estimate of drug-likeness (QED) is 0.487. The number of aliphatic carboxylic acids is 1. The van der Waals surface area contributed by atoms with Gasteiger partial charge < -0.3 is 14.7 Å². The number of nitrogens with zero attached hydrogens (tertiary/aromatic N) is 2. The van der Waals surface area contributed by atoms with Crippen molar-refractivity contribution in [1.29, 1.82) is 0 Å². The minimum atomic E-state index is -1.09. The minimum Gasteiger partial charge on any atom is -0.480 e. The summed E-state index contributed by atoms with van der Waals surface area (Å²) in [7, 11) is 0. The van der Waals surface area contributed by atoms with E-state index in [0.717, 1.165) is 16.7 Å². The summed E-state index contributed by atoms with van der Waals surface area (Å²) in [6.45, 7) is 0.133. The number of likely N-dealkylation sites (tertiary alicyclic amines) is 1. The van der Waals surface area contributed by atoms with E-state index in [-0.39, 0.29) is 13.0 Å². The van der Waals surface area contributed by atoms with Gasteiger partial charge in [-0.2, -0.15) is 0 Å². The fourth-order valence-corrected chi connectivity index (χ4v) is 4.95. The molecule has 0 saturated carbocycles. The Hall–Kier alpha value is -4.39. The predicted molar refractivity (Wildman–Crippen MR) is 134 cm³/mol. The van der Waals surface area contributed by atoms with Gasteiger partial charge in [0.2, 0.25) is 5.91 Å². The molecule has 0 spiro atoms. The Kier molecular flexibility index (Phi) is 6.54. The van der Waals surface area contributed by atoms with Crippen LogP contribution in [0, 0.1) is 0 Å². The summed E-state index contributed by atoms with van der Waals surface area (Å²) in [4.78, 5) is 41.7. The van der Waals surface area contributed by atoms with Crippen LogP contribution in [-0.4, -0.2) is 57.6 Å². The lowest BCUT2D eigenvalue weighted by Gasteiger charge is -2.51. The molecule has 1 N–H and O–H groups in total. The average Bonchev–Trinajstić information content (AvgIpc) is 3.28. The van der Waals surface area contributed by atoms with Crippen molar-refractivity contribution in [3.8, 4) is 0 Å². The molecule has 5 rings (SSSR count). The van der Waals surface area contributed by atoms with E-state index in [9.17, 15) is 19.5 Å². The van der Waals surface area contributed by atoms with Crippen LogP contribution >= 0.6 is 0 Å². The van der Waals surface area contributed by atoms with Crippen molar-refractivity contribution < 1.29 is 24.2 Å². The Morgan fingerprint density at radius 1 is 0.944 bits per heavy atom. The highest BCUT2D eigenvalue weighted by atomic mass is 16.6. The van der Waals surface area contributed by atoms with Crippen LogP contribution < -0.4 is 0 Å². The van der Waals surface area contributed by atoms with Crippen molar-refractivity contribution in [2.24, 2.45) is 0 Å². The zero-order chi connectivity index (χ0) is 25.1. The van der Waals surface area contributed by atoms with Crippen molar-refractivity contribution in [2.45, 2.75) is 30.6 Å². The maximum absolute atomic E-state index is 13.6. The highest BCUT2D eigenvalue weighted by Crippen LogP contribution is 2.38. The maximum atomic E-state index is 13.6. The van der Waals surface area contributed by atoms with E-state index in [2.05, 4.69) is 0 Å². The Labute approximate surface area is 209 Å². The van der Waals surface area contributed by atoms with E-state index in [0.29, 0.717) is 0 Å². The Morgan fingerprint density at radius 3 is 2.19 bits per heavy atom. The van der Waals surface area contributed by atoms with Crippen molar-refractivity contribution in [3.63, 3.8) is 0 Å². The van der Waals surface area contributed by atoms with Crippen LogP contribution in [0.2, 0.25) is 0 Å². The van der Waals surface area contributed by atoms with Crippen LogP contribution in [-0.2, 0) is 20.7 Å². The molecule has 2 heterocycles. The summed E-state index contributed by atoms with van der Waals surface area (Å²) < 4.78 is 5.36. The number of β-lactam (4-membered cyclic amide) rings is 1. The van der Waals surface area contributed by atoms with Crippen LogP contribution in [0.25, 0.3) is 6.08 Å². The van der Waals surface area contributed by atoms with Gasteiger partial charge >= 0.3 is 12.1 Å². The second-order valence-electron chi connectivity index (χ2n) is 8.91. The van der Waals surface area contributed by atoms with Gasteiger partial charge in [-0.3, -0.25) is 9.69 Å². The second kappa shape index (κ2) is 10.1. The minimum absolute atomic E-state index is 0.133. The molecule has 0 radical (unpaired) electrons. The van der Waals surface area contributed by atoms with Gasteiger partial charge in [0.15, 0.2) is 0 Å². The monoisotopic (exact) mass is 482 g/mol. The third-order valence-corrected chi connectivity index (χ3v) is 6.73. The summed E-state index contributed by atoms with van der Waals surface area (Å²) >= 11 is 0. The van der Waals surface area contributed by atoms with Crippen LogP contribution in [0.4, 0.5) is 4.79 Å². The Balaban J connectivity index is 1.50. The number of cyclic esters (lactones) is 1. The van der Waals surface area contributed by atoms with Gasteiger partial charge in [0.25, 0.3) is 0 Å². The van der Waals surface area contributed by atoms with Crippen LogP contribution in [0.3, 0.4) is 0 Å². The van der Waals surface area contributed by atoms with E-state index in [1.807, 2.05) is 103 Å². The topological polar surface area (TPSA) is 87.2 Å². The Bertz CT molecular complexity index is 1260. The van der Waals surface area contributed by atoms with E-state index in [1.165, 1.54) is 9.80 Å². The number of benzene rings is 3. The number of carbonyl (C=O) groups is 3. The zero-order valence-corrected chi connectivity index (χ0v) is 19.5. The number of carboxylic acids is 1. The molecule has 0 aliphatic carbocycles. The lowest BCUT2D eigenvalue weighted by molar-refractivity contribution is -0.167. The van der Waals surface area contributed by atoms with Crippen molar-refractivity contribution >= 4 is 24.0 Å². The van der Waals surface area contributed by atoms with Gasteiger partial charge in [-0.25, -0.2) is 9.59 Å². The fourth-order valence-electron chi connectivity index (χ4n) is 4.95. The normalized spacial score (nSPS) is 22.4. The highest BCUT2D eigenvalue weighted by molar-refractivity contribution is 5.97. The van der Waals surface area contributed by atoms with Crippen molar-refractivity contribution in [1.82, 2.24) is 9.80 Å². The average molecular weight is 483 g/mol. The zero-order valence-electron chi connectivity index (χ0n) is 19.5. The van der Waals surface area contributed by atoms with E-state index < -0.39 is 42.1 Å². The van der Waals surface area contributed by atoms with Crippen molar-refractivity contribution in [2.75, 3.05) is 6.61 Å². The van der Waals surface area contributed by atoms with Gasteiger partial charge in [0, 0.05) is 6.42 Å². The first-order chi connectivity index (χ1) is 17.5. The SMILES string of the molecule is O=C(O)C(Cc1ccccc1)N1C(=O)C(N2C(=O)OC[C@@H]2c2ccccc2)C1C=Cc1ccccc1. The summed E-state index contributed by atoms with van der Waals surface area (Å²) in [5.74, 6) is -1.49. The predicted octanol–water partition coefficient (Wildman–Crippen LogP) is 4.17. The number of carboxylic acid groups (broad SMARTS) is 1.